The Balaban J connectivity index is 2.00. The summed E-state index contributed by atoms with van der Waals surface area (Å²) in [5, 5.41) is 0. The largest absolute Gasteiger partial charge is 0.273 e. The quantitative estimate of drug-likeness (QED) is 0.854. The van der Waals surface area contributed by atoms with Crippen molar-refractivity contribution in [1.29, 1.82) is 0 Å². The fourth-order valence-corrected chi connectivity index (χ4v) is 6.44. The van der Waals surface area contributed by atoms with E-state index in [1.165, 1.54) is 18.2 Å². The molecule has 2 aliphatic rings. The average molecular weight is 372 g/mol. The van der Waals surface area contributed by atoms with E-state index in [0.29, 0.717) is 5.56 Å². The first-order chi connectivity index (χ1) is 10.9. The van der Waals surface area contributed by atoms with Gasteiger partial charge in [-0.05, 0) is 57.4 Å². The van der Waals surface area contributed by atoms with Crippen molar-refractivity contribution in [3.8, 4) is 0 Å². The normalized spacial score (nSPS) is 22.8. The zero-order chi connectivity index (χ0) is 17.9. The molecule has 2 fully saturated rings. The minimum Gasteiger partial charge on any atom is -0.273 e. The minimum absolute atomic E-state index is 0.0181. The van der Waals surface area contributed by atoms with Crippen molar-refractivity contribution in [2.24, 2.45) is 5.41 Å². The molecule has 0 unspecified atom stereocenters. The summed E-state index contributed by atoms with van der Waals surface area (Å²) < 4.78 is 52.6. The van der Waals surface area contributed by atoms with Gasteiger partial charge in [-0.15, -0.1) is 0 Å². The second-order valence-corrected chi connectivity index (χ2v) is 10.6. The Bertz CT molecular complexity index is 915. The van der Waals surface area contributed by atoms with Crippen LogP contribution in [0.1, 0.15) is 32.3 Å². The number of carbonyl (C=O) groups is 1. The lowest BCUT2D eigenvalue weighted by Gasteiger charge is -2.19. The Hall–Kier alpha value is -1.45. The van der Waals surface area contributed by atoms with Crippen molar-refractivity contribution in [1.82, 2.24) is 4.72 Å². The van der Waals surface area contributed by atoms with Crippen molar-refractivity contribution in [3.05, 3.63) is 23.8 Å². The number of carbonyl (C=O) groups excluding carboxylic acids is 1. The van der Waals surface area contributed by atoms with Gasteiger partial charge in [0.2, 0.25) is 26.0 Å². The van der Waals surface area contributed by atoms with E-state index in [1.807, 2.05) is 0 Å². The van der Waals surface area contributed by atoms with Gasteiger partial charge in [-0.1, -0.05) is 0 Å². The van der Waals surface area contributed by atoms with Gasteiger partial charge in [0.05, 0.1) is 21.8 Å². The molecule has 1 saturated heterocycles. The summed E-state index contributed by atoms with van der Waals surface area (Å²) in [5.41, 5.74) is -0.424. The first-order valence-electron chi connectivity index (χ1n) is 7.64. The Morgan fingerprint density at radius 2 is 1.88 bits per heavy atom. The van der Waals surface area contributed by atoms with E-state index in [4.69, 9.17) is 0 Å². The molecular formula is C15H20N2O5S2. The van der Waals surface area contributed by atoms with Crippen LogP contribution in [0.2, 0.25) is 0 Å². The molecule has 1 saturated carbocycles. The van der Waals surface area contributed by atoms with E-state index in [9.17, 15) is 21.6 Å². The van der Waals surface area contributed by atoms with Crippen LogP contribution in [-0.4, -0.2) is 34.5 Å². The van der Waals surface area contributed by atoms with E-state index < -0.39 is 31.4 Å². The molecule has 0 spiro atoms. The summed E-state index contributed by atoms with van der Waals surface area (Å²) in [6.45, 7) is 4.75. The van der Waals surface area contributed by atoms with Crippen LogP contribution in [0.15, 0.2) is 23.1 Å². The van der Waals surface area contributed by atoms with Gasteiger partial charge in [-0.3, -0.25) is 4.79 Å². The molecule has 1 aliphatic carbocycles. The fraction of sp³-hybridized carbons (Fsp3) is 0.533. The van der Waals surface area contributed by atoms with Gasteiger partial charge in [0, 0.05) is 6.04 Å². The van der Waals surface area contributed by atoms with Crippen molar-refractivity contribution in [3.63, 3.8) is 0 Å². The average Bonchev–Trinajstić information content (AvgIpc) is 3.16. The summed E-state index contributed by atoms with van der Waals surface area (Å²) in [5.74, 6) is -0.769. The number of hydrogen-bond donors (Lipinski definition) is 1. The lowest BCUT2D eigenvalue weighted by atomic mass is 9.95. The van der Waals surface area contributed by atoms with Gasteiger partial charge in [-0.25, -0.2) is 25.9 Å². The van der Waals surface area contributed by atoms with E-state index in [-0.39, 0.29) is 22.4 Å². The van der Waals surface area contributed by atoms with Gasteiger partial charge in [0.15, 0.2) is 0 Å². The molecule has 1 aliphatic heterocycles. The molecule has 0 bridgehead atoms. The second kappa shape index (κ2) is 5.27. The van der Waals surface area contributed by atoms with E-state index in [1.54, 1.807) is 20.8 Å². The third kappa shape index (κ3) is 2.96. The Morgan fingerprint density at radius 1 is 1.25 bits per heavy atom. The third-order valence-corrected chi connectivity index (χ3v) is 7.87. The highest BCUT2D eigenvalue weighted by Gasteiger charge is 2.50. The van der Waals surface area contributed by atoms with Crippen LogP contribution in [0.4, 0.5) is 5.69 Å². The highest BCUT2D eigenvalue weighted by molar-refractivity contribution is 7.94. The summed E-state index contributed by atoms with van der Waals surface area (Å²) in [4.78, 5) is 12.5. The van der Waals surface area contributed by atoms with Gasteiger partial charge < -0.3 is 0 Å². The molecule has 1 amide bonds. The van der Waals surface area contributed by atoms with Gasteiger partial charge in [0.1, 0.15) is 0 Å². The van der Waals surface area contributed by atoms with E-state index in [2.05, 4.69) is 4.72 Å². The van der Waals surface area contributed by atoms with Crippen LogP contribution in [0, 0.1) is 12.3 Å². The number of nitrogens with zero attached hydrogens (tertiary/aromatic N) is 1. The smallest absolute Gasteiger partial charge is 0.247 e. The second-order valence-electron chi connectivity index (χ2n) is 7.06. The molecule has 0 aromatic heterocycles. The highest BCUT2D eigenvalue weighted by Crippen LogP contribution is 2.36. The zero-order valence-corrected chi connectivity index (χ0v) is 15.4. The molecule has 1 N–H and O–H groups in total. The summed E-state index contributed by atoms with van der Waals surface area (Å²) in [6, 6.07) is 4.13. The van der Waals surface area contributed by atoms with Crippen LogP contribution in [-0.2, 0) is 24.8 Å². The first kappa shape index (κ1) is 17.4. The van der Waals surface area contributed by atoms with Gasteiger partial charge >= 0.3 is 0 Å². The van der Waals surface area contributed by atoms with Crippen molar-refractivity contribution < 1.29 is 21.6 Å². The molecule has 0 atom stereocenters. The predicted molar refractivity (Wildman–Crippen MR) is 89.6 cm³/mol. The van der Waals surface area contributed by atoms with Crippen molar-refractivity contribution in [2.45, 2.75) is 44.6 Å². The molecule has 9 heteroatoms. The van der Waals surface area contributed by atoms with Crippen LogP contribution in [0.25, 0.3) is 0 Å². The number of anilines is 1. The molecule has 3 rings (SSSR count). The monoisotopic (exact) mass is 372 g/mol. The van der Waals surface area contributed by atoms with Crippen molar-refractivity contribution in [2.75, 3.05) is 10.1 Å². The van der Waals surface area contributed by atoms with E-state index in [0.717, 1.165) is 17.1 Å². The topological polar surface area (TPSA) is 101 Å². The summed E-state index contributed by atoms with van der Waals surface area (Å²) in [6.07, 6.45) is 1.65. The van der Waals surface area contributed by atoms with E-state index >= 15 is 0 Å². The number of sulfonamides is 2. The molecule has 1 heterocycles. The number of hydrogen-bond acceptors (Lipinski definition) is 5. The third-order valence-electron chi connectivity index (χ3n) is 4.17. The minimum atomic E-state index is -3.75. The van der Waals surface area contributed by atoms with Crippen LogP contribution in [0.5, 0.6) is 0 Å². The number of rotatable bonds is 4. The van der Waals surface area contributed by atoms with Gasteiger partial charge in [0.25, 0.3) is 0 Å². The maximum atomic E-state index is 12.4. The maximum Gasteiger partial charge on any atom is 0.247 e. The Labute approximate surface area is 142 Å². The molecule has 132 valence electrons. The highest BCUT2D eigenvalue weighted by atomic mass is 32.2. The molecule has 0 radical (unpaired) electrons. The van der Waals surface area contributed by atoms with Crippen LogP contribution >= 0.6 is 0 Å². The van der Waals surface area contributed by atoms with Crippen LogP contribution in [0.3, 0.4) is 0 Å². The number of amides is 1. The standard InChI is InChI=1S/C15H20N2O5S2/c1-10-8-12(17-14(18)15(2,3)9-23(17,19)20)6-7-13(10)24(21,22)16-11-4-5-11/h6-8,11,16H,4-5,9H2,1-3H3. The maximum absolute atomic E-state index is 12.4. The lowest BCUT2D eigenvalue weighted by molar-refractivity contribution is -0.123. The summed E-state index contributed by atoms with van der Waals surface area (Å²) in [7, 11) is -7.39. The molecule has 1 aromatic carbocycles. The van der Waals surface area contributed by atoms with Gasteiger partial charge in [-0.2, -0.15) is 0 Å². The number of benzene rings is 1. The predicted octanol–water partition coefficient (Wildman–Crippen LogP) is 1.14. The SMILES string of the molecule is Cc1cc(N2C(=O)C(C)(C)CS2(=O)=O)ccc1S(=O)(=O)NC1CC1. The fourth-order valence-electron chi connectivity index (χ4n) is 2.81. The summed E-state index contributed by atoms with van der Waals surface area (Å²) >= 11 is 0. The zero-order valence-electron chi connectivity index (χ0n) is 13.7. The Kier molecular flexibility index (Phi) is 3.82. The molecular weight excluding hydrogens is 352 g/mol. The molecule has 7 nitrogen and oxygen atoms in total. The number of nitrogens with one attached hydrogen (secondary N) is 1. The van der Waals surface area contributed by atoms with Crippen molar-refractivity contribution >= 4 is 31.6 Å². The Morgan fingerprint density at radius 3 is 2.33 bits per heavy atom. The number of aryl methyl sites for hydroxylation is 1. The molecule has 1 aromatic rings. The van der Waals surface area contributed by atoms with Crippen LogP contribution < -0.4 is 9.03 Å². The lowest BCUT2D eigenvalue weighted by Crippen LogP contribution is -2.33. The first-order valence-corrected chi connectivity index (χ1v) is 10.7. The molecule has 24 heavy (non-hydrogen) atoms.